The predicted octanol–water partition coefficient (Wildman–Crippen LogP) is 3.25. The summed E-state index contributed by atoms with van der Waals surface area (Å²) in [5.74, 6) is 0.861. The van der Waals surface area contributed by atoms with E-state index in [-0.39, 0.29) is 12.1 Å². The van der Waals surface area contributed by atoms with Crippen molar-refractivity contribution in [3.8, 4) is 0 Å². The Hall–Kier alpha value is -2.34. The largest absolute Gasteiger partial charge is 0.353 e. The molecule has 1 aromatic heterocycles. The topological polar surface area (TPSA) is 61.4 Å². The number of nitrogens with zero attached hydrogens (tertiary/aromatic N) is 4. The third kappa shape index (κ3) is 4.43. The van der Waals surface area contributed by atoms with E-state index in [0.717, 1.165) is 47.9 Å². The van der Waals surface area contributed by atoms with E-state index in [9.17, 15) is 4.79 Å². The summed E-state index contributed by atoms with van der Waals surface area (Å²) in [6, 6.07) is 9.75. The number of piperidine rings is 1. The molecular formula is C19H24ClN5O. The number of urea groups is 1. The van der Waals surface area contributed by atoms with Crippen molar-refractivity contribution in [1.29, 1.82) is 0 Å². The van der Waals surface area contributed by atoms with Gasteiger partial charge in [-0.25, -0.2) is 4.79 Å². The third-order valence-electron chi connectivity index (χ3n) is 4.83. The third-order valence-corrected chi connectivity index (χ3v) is 5.23. The van der Waals surface area contributed by atoms with E-state index < -0.39 is 0 Å². The number of rotatable bonds is 4. The van der Waals surface area contributed by atoms with Gasteiger partial charge in [-0.05, 0) is 49.1 Å². The average Bonchev–Trinajstić information content (AvgIpc) is 2.69. The maximum Gasteiger partial charge on any atom is 0.317 e. The van der Waals surface area contributed by atoms with Gasteiger partial charge >= 0.3 is 6.03 Å². The SMILES string of the molecule is Cc1ccc(CNC(=O)N(C)[C@@H]2CCCN(c3cccnn3)C2)cc1Cl. The van der Waals surface area contributed by atoms with Crippen LogP contribution in [0.5, 0.6) is 0 Å². The van der Waals surface area contributed by atoms with Crippen molar-refractivity contribution in [2.45, 2.75) is 32.4 Å². The molecule has 0 spiro atoms. The number of carbonyl (C=O) groups excluding carboxylic acids is 1. The van der Waals surface area contributed by atoms with Gasteiger partial charge in [0.2, 0.25) is 0 Å². The quantitative estimate of drug-likeness (QED) is 0.893. The summed E-state index contributed by atoms with van der Waals surface area (Å²) in [4.78, 5) is 16.5. The molecule has 1 aliphatic heterocycles. The summed E-state index contributed by atoms with van der Waals surface area (Å²) in [6.07, 6.45) is 3.67. The van der Waals surface area contributed by atoms with Crippen LogP contribution >= 0.6 is 11.6 Å². The van der Waals surface area contributed by atoms with Crippen LogP contribution in [0.3, 0.4) is 0 Å². The molecule has 1 atom stereocenters. The van der Waals surface area contributed by atoms with Crippen LogP contribution in [0, 0.1) is 6.92 Å². The summed E-state index contributed by atoms with van der Waals surface area (Å²) in [5, 5.41) is 11.8. The Morgan fingerprint density at radius 2 is 2.27 bits per heavy atom. The van der Waals surface area contributed by atoms with E-state index in [2.05, 4.69) is 20.4 Å². The molecule has 2 heterocycles. The Morgan fingerprint density at radius 3 is 3.00 bits per heavy atom. The number of carbonyl (C=O) groups is 1. The highest BCUT2D eigenvalue weighted by Gasteiger charge is 2.26. The van der Waals surface area contributed by atoms with Gasteiger partial charge in [-0.2, -0.15) is 5.10 Å². The lowest BCUT2D eigenvalue weighted by Gasteiger charge is -2.37. The van der Waals surface area contributed by atoms with Crippen molar-refractivity contribution >= 4 is 23.4 Å². The Morgan fingerprint density at radius 1 is 1.42 bits per heavy atom. The summed E-state index contributed by atoms with van der Waals surface area (Å²) in [6.45, 7) is 4.12. The van der Waals surface area contributed by atoms with Crippen LogP contribution in [0.15, 0.2) is 36.5 Å². The molecule has 2 aromatic rings. The van der Waals surface area contributed by atoms with Crippen molar-refractivity contribution in [3.05, 3.63) is 52.7 Å². The summed E-state index contributed by atoms with van der Waals surface area (Å²) >= 11 is 6.15. The lowest BCUT2D eigenvalue weighted by atomic mass is 10.0. The van der Waals surface area contributed by atoms with Crippen molar-refractivity contribution in [2.24, 2.45) is 0 Å². The van der Waals surface area contributed by atoms with Crippen molar-refractivity contribution in [2.75, 3.05) is 25.0 Å². The first-order valence-corrected chi connectivity index (χ1v) is 9.20. The molecule has 1 aliphatic rings. The smallest absolute Gasteiger partial charge is 0.317 e. The zero-order chi connectivity index (χ0) is 18.5. The molecule has 1 fully saturated rings. The molecule has 0 saturated carbocycles. The van der Waals surface area contributed by atoms with Gasteiger partial charge in [0, 0.05) is 37.9 Å². The van der Waals surface area contributed by atoms with Gasteiger partial charge in [0.05, 0.1) is 6.04 Å². The zero-order valence-corrected chi connectivity index (χ0v) is 15.9. The minimum absolute atomic E-state index is 0.0762. The Kier molecular flexibility index (Phi) is 5.93. The second kappa shape index (κ2) is 8.36. The summed E-state index contributed by atoms with van der Waals surface area (Å²) < 4.78 is 0. The normalized spacial score (nSPS) is 17.0. The molecule has 1 aromatic carbocycles. The van der Waals surface area contributed by atoms with Gasteiger partial charge < -0.3 is 15.1 Å². The van der Waals surface area contributed by atoms with Crippen LogP contribution in [0.4, 0.5) is 10.6 Å². The highest BCUT2D eigenvalue weighted by Crippen LogP contribution is 2.20. The number of amides is 2. The van der Waals surface area contributed by atoms with Crippen LogP contribution in [-0.4, -0.2) is 47.3 Å². The Balaban J connectivity index is 1.56. The fraction of sp³-hybridized carbons (Fsp3) is 0.421. The van der Waals surface area contributed by atoms with E-state index in [1.165, 1.54) is 0 Å². The number of halogens is 1. The number of anilines is 1. The van der Waals surface area contributed by atoms with Gasteiger partial charge in [0.25, 0.3) is 0 Å². The Bertz CT molecular complexity index is 755. The van der Waals surface area contributed by atoms with Crippen LogP contribution in [-0.2, 0) is 6.54 Å². The van der Waals surface area contributed by atoms with Crippen LogP contribution < -0.4 is 10.2 Å². The number of nitrogens with one attached hydrogen (secondary N) is 1. The first-order valence-electron chi connectivity index (χ1n) is 8.83. The number of hydrogen-bond acceptors (Lipinski definition) is 4. The van der Waals surface area contributed by atoms with E-state index in [1.54, 1.807) is 11.1 Å². The monoisotopic (exact) mass is 373 g/mol. The standard InChI is InChI=1S/C19H24ClN5O/c1-14-7-8-15(11-17(14)20)12-21-19(26)24(2)16-5-4-10-25(13-16)18-6-3-9-22-23-18/h3,6-9,11,16H,4-5,10,12-13H2,1-2H3,(H,21,26)/t16-/m1/s1. The van der Waals surface area contributed by atoms with Crippen LogP contribution in [0.2, 0.25) is 5.02 Å². The number of hydrogen-bond donors (Lipinski definition) is 1. The van der Waals surface area contributed by atoms with Crippen molar-refractivity contribution < 1.29 is 4.79 Å². The minimum atomic E-state index is -0.0762. The fourth-order valence-electron chi connectivity index (χ4n) is 3.16. The molecule has 2 amide bonds. The molecule has 6 nitrogen and oxygen atoms in total. The molecule has 138 valence electrons. The van der Waals surface area contributed by atoms with E-state index >= 15 is 0 Å². The second-order valence-corrected chi connectivity index (χ2v) is 7.08. The summed E-state index contributed by atoms with van der Waals surface area (Å²) in [5.41, 5.74) is 2.03. The lowest BCUT2D eigenvalue weighted by Crippen LogP contribution is -2.51. The van der Waals surface area contributed by atoms with Crippen LogP contribution in [0.1, 0.15) is 24.0 Å². The highest BCUT2D eigenvalue weighted by molar-refractivity contribution is 6.31. The molecule has 26 heavy (non-hydrogen) atoms. The molecule has 0 unspecified atom stereocenters. The molecule has 0 bridgehead atoms. The summed E-state index contributed by atoms with van der Waals surface area (Å²) in [7, 11) is 1.85. The number of aromatic nitrogens is 2. The fourth-order valence-corrected chi connectivity index (χ4v) is 3.36. The zero-order valence-electron chi connectivity index (χ0n) is 15.2. The van der Waals surface area contributed by atoms with E-state index in [4.69, 9.17) is 11.6 Å². The minimum Gasteiger partial charge on any atom is -0.353 e. The van der Waals surface area contributed by atoms with E-state index in [0.29, 0.717) is 6.54 Å². The second-order valence-electron chi connectivity index (χ2n) is 6.68. The predicted molar refractivity (Wildman–Crippen MR) is 103 cm³/mol. The molecule has 7 heteroatoms. The molecule has 1 N–H and O–H groups in total. The first-order chi connectivity index (χ1) is 12.5. The van der Waals surface area contributed by atoms with Crippen molar-refractivity contribution in [3.63, 3.8) is 0 Å². The average molecular weight is 374 g/mol. The molecule has 0 aliphatic carbocycles. The lowest BCUT2D eigenvalue weighted by molar-refractivity contribution is 0.182. The van der Waals surface area contributed by atoms with Gasteiger partial charge in [0.1, 0.15) is 0 Å². The van der Waals surface area contributed by atoms with Gasteiger partial charge in [-0.3, -0.25) is 0 Å². The number of benzene rings is 1. The first kappa shape index (κ1) is 18.5. The molecule has 1 saturated heterocycles. The van der Waals surface area contributed by atoms with Gasteiger partial charge in [-0.15, -0.1) is 5.10 Å². The molecule has 0 radical (unpaired) electrons. The van der Waals surface area contributed by atoms with Crippen molar-refractivity contribution in [1.82, 2.24) is 20.4 Å². The van der Waals surface area contributed by atoms with E-state index in [1.807, 2.05) is 44.3 Å². The maximum atomic E-state index is 12.5. The number of aryl methyl sites for hydroxylation is 1. The van der Waals surface area contributed by atoms with Crippen LogP contribution in [0.25, 0.3) is 0 Å². The highest BCUT2D eigenvalue weighted by atomic mass is 35.5. The Labute approximate surface area is 159 Å². The molecular weight excluding hydrogens is 350 g/mol. The maximum absolute atomic E-state index is 12.5. The number of likely N-dealkylation sites (N-methyl/N-ethyl adjacent to an activating group) is 1. The molecule has 3 rings (SSSR count). The van der Waals surface area contributed by atoms with Gasteiger partial charge in [0.15, 0.2) is 5.82 Å². The van der Waals surface area contributed by atoms with Gasteiger partial charge in [-0.1, -0.05) is 23.7 Å².